The van der Waals surface area contributed by atoms with Crippen molar-refractivity contribution in [2.24, 2.45) is 0 Å². The van der Waals surface area contributed by atoms with Gasteiger partial charge in [-0.3, -0.25) is 0 Å². The van der Waals surface area contributed by atoms with Crippen LogP contribution in [0.4, 0.5) is 0 Å². The van der Waals surface area contributed by atoms with Crippen LogP contribution in [0.25, 0.3) is 0 Å². The monoisotopic (exact) mass is 337 g/mol. The number of sulfonamides is 1. The number of hydrogen-bond acceptors (Lipinski definition) is 3. The first-order valence-corrected chi connectivity index (χ1v) is 8.58. The molecule has 0 amide bonds. The average Bonchev–Trinajstić information content (AvgIpc) is 2.79. The summed E-state index contributed by atoms with van der Waals surface area (Å²) >= 11 is 11.6. The average molecular weight is 338 g/mol. The standard InChI is InChI=1S/C13H17Cl2NO3S/c1-16(9-13(17)6-2-3-7-13)20(18,19)10-4-5-11(14)12(15)8-10/h4-5,8,17H,2-3,6-7,9H2,1H3. The molecule has 1 aliphatic rings. The van der Waals surface area contributed by atoms with Crippen molar-refractivity contribution in [3.05, 3.63) is 28.2 Å². The van der Waals surface area contributed by atoms with Crippen molar-refractivity contribution in [3.63, 3.8) is 0 Å². The first-order chi connectivity index (χ1) is 9.24. The zero-order valence-electron chi connectivity index (χ0n) is 11.1. The molecule has 0 aromatic heterocycles. The maximum absolute atomic E-state index is 12.4. The lowest BCUT2D eigenvalue weighted by atomic mass is 10.0. The topological polar surface area (TPSA) is 57.6 Å². The Morgan fingerprint density at radius 1 is 1.25 bits per heavy atom. The van der Waals surface area contributed by atoms with Crippen molar-refractivity contribution in [1.82, 2.24) is 4.31 Å². The SMILES string of the molecule is CN(CC1(O)CCCC1)S(=O)(=O)c1ccc(Cl)c(Cl)c1. The maximum atomic E-state index is 12.4. The summed E-state index contributed by atoms with van der Waals surface area (Å²) < 4.78 is 26.1. The molecule has 1 N–H and O–H groups in total. The lowest BCUT2D eigenvalue weighted by Gasteiger charge is -2.28. The highest BCUT2D eigenvalue weighted by Gasteiger charge is 2.35. The molecule has 0 aliphatic heterocycles. The van der Waals surface area contributed by atoms with E-state index in [1.165, 1.54) is 29.6 Å². The molecule has 20 heavy (non-hydrogen) atoms. The van der Waals surface area contributed by atoms with Crippen LogP contribution in [-0.2, 0) is 10.0 Å². The molecule has 0 atom stereocenters. The molecule has 7 heteroatoms. The van der Waals surface area contributed by atoms with Crippen LogP contribution in [0, 0.1) is 0 Å². The number of nitrogens with zero attached hydrogens (tertiary/aromatic N) is 1. The summed E-state index contributed by atoms with van der Waals surface area (Å²) in [5.41, 5.74) is -0.919. The highest BCUT2D eigenvalue weighted by atomic mass is 35.5. The first-order valence-electron chi connectivity index (χ1n) is 6.38. The molecular weight excluding hydrogens is 321 g/mol. The predicted octanol–water partition coefficient (Wildman–Crippen LogP) is 2.92. The summed E-state index contributed by atoms with van der Waals surface area (Å²) in [5, 5.41) is 10.8. The van der Waals surface area contributed by atoms with E-state index in [1.807, 2.05) is 0 Å². The molecule has 1 aromatic rings. The lowest BCUT2D eigenvalue weighted by molar-refractivity contribution is 0.0333. The van der Waals surface area contributed by atoms with Gasteiger partial charge in [0.25, 0.3) is 0 Å². The largest absolute Gasteiger partial charge is 0.389 e. The summed E-state index contributed by atoms with van der Waals surface area (Å²) in [7, 11) is -2.21. The van der Waals surface area contributed by atoms with Gasteiger partial charge in [0.05, 0.1) is 20.5 Å². The number of halogens is 2. The van der Waals surface area contributed by atoms with Crippen LogP contribution in [0.1, 0.15) is 25.7 Å². The van der Waals surface area contributed by atoms with Crippen molar-refractivity contribution >= 4 is 33.2 Å². The lowest BCUT2D eigenvalue weighted by Crippen LogP contribution is -2.41. The minimum Gasteiger partial charge on any atom is -0.389 e. The fraction of sp³-hybridized carbons (Fsp3) is 0.538. The van der Waals surface area contributed by atoms with Gasteiger partial charge in [-0.15, -0.1) is 0 Å². The van der Waals surface area contributed by atoms with Gasteiger partial charge in [0.2, 0.25) is 10.0 Å². The van der Waals surface area contributed by atoms with Crippen LogP contribution in [0.3, 0.4) is 0 Å². The Labute approximate surface area is 129 Å². The van der Waals surface area contributed by atoms with Gasteiger partial charge >= 0.3 is 0 Å². The van der Waals surface area contributed by atoms with E-state index in [0.717, 1.165) is 12.8 Å². The highest BCUT2D eigenvalue weighted by Crippen LogP contribution is 2.32. The smallest absolute Gasteiger partial charge is 0.242 e. The van der Waals surface area contributed by atoms with E-state index in [0.29, 0.717) is 17.9 Å². The van der Waals surface area contributed by atoms with Crippen LogP contribution in [0.2, 0.25) is 10.0 Å². The van der Waals surface area contributed by atoms with Crippen molar-refractivity contribution in [2.75, 3.05) is 13.6 Å². The zero-order valence-corrected chi connectivity index (χ0v) is 13.5. The maximum Gasteiger partial charge on any atom is 0.242 e. The summed E-state index contributed by atoms with van der Waals surface area (Å²) in [4.78, 5) is 0.0796. The van der Waals surface area contributed by atoms with Gasteiger partial charge in [0, 0.05) is 13.6 Å². The second-order valence-corrected chi connectivity index (χ2v) is 8.13. The Kier molecular flexibility index (Phi) is 4.66. The van der Waals surface area contributed by atoms with Crippen LogP contribution in [-0.4, -0.2) is 37.0 Å². The summed E-state index contributed by atoms with van der Waals surface area (Å²) in [6, 6.07) is 4.20. The Hall–Kier alpha value is -0.330. The molecule has 112 valence electrons. The fourth-order valence-electron chi connectivity index (χ4n) is 2.51. The molecule has 0 bridgehead atoms. The van der Waals surface area contributed by atoms with Crippen LogP contribution in [0.5, 0.6) is 0 Å². The number of hydrogen-bond donors (Lipinski definition) is 1. The third-order valence-electron chi connectivity index (χ3n) is 3.65. The van der Waals surface area contributed by atoms with E-state index in [9.17, 15) is 13.5 Å². The normalized spacial score (nSPS) is 18.6. The first kappa shape index (κ1) is 16.0. The van der Waals surface area contributed by atoms with Crippen molar-refractivity contribution in [2.45, 2.75) is 36.2 Å². The zero-order chi connectivity index (χ0) is 15.0. The van der Waals surface area contributed by atoms with Crippen LogP contribution in [0.15, 0.2) is 23.1 Å². The number of likely N-dealkylation sites (N-methyl/N-ethyl adjacent to an activating group) is 1. The molecular formula is C13H17Cl2NO3S. The van der Waals surface area contributed by atoms with E-state index in [2.05, 4.69) is 0 Å². The van der Waals surface area contributed by atoms with Crippen LogP contribution < -0.4 is 0 Å². The highest BCUT2D eigenvalue weighted by molar-refractivity contribution is 7.89. The predicted molar refractivity (Wildman–Crippen MR) is 79.7 cm³/mol. The number of benzene rings is 1. The molecule has 0 radical (unpaired) electrons. The molecule has 0 spiro atoms. The minimum atomic E-state index is -3.67. The van der Waals surface area contributed by atoms with Gasteiger partial charge in [0.1, 0.15) is 0 Å². The molecule has 1 saturated carbocycles. The second-order valence-electron chi connectivity index (χ2n) is 5.27. The van der Waals surface area contributed by atoms with Gasteiger partial charge < -0.3 is 5.11 Å². The van der Waals surface area contributed by atoms with Crippen molar-refractivity contribution < 1.29 is 13.5 Å². The van der Waals surface area contributed by atoms with Gasteiger partial charge in [-0.05, 0) is 31.0 Å². The van der Waals surface area contributed by atoms with E-state index in [1.54, 1.807) is 0 Å². The van der Waals surface area contributed by atoms with E-state index < -0.39 is 15.6 Å². The van der Waals surface area contributed by atoms with Crippen LogP contribution >= 0.6 is 23.2 Å². The van der Waals surface area contributed by atoms with Crippen molar-refractivity contribution in [1.29, 1.82) is 0 Å². The minimum absolute atomic E-state index is 0.0796. The quantitative estimate of drug-likeness (QED) is 0.918. The van der Waals surface area contributed by atoms with Crippen molar-refractivity contribution in [3.8, 4) is 0 Å². The molecule has 0 heterocycles. The molecule has 1 fully saturated rings. The molecule has 2 rings (SSSR count). The molecule has 0 saturated heterocycles. The summed E-state index contributed by atoms with van der Waals surface area (Å²) in [6.45, 7) is 0.0928. The van der Waals surface area contributed by atoms with Gasteiger partial charge in [-0.25, -0.2) is 8.42 Å². The van der Waals surface area contributed by atoms with Gasteiger partial charge in [0.15, 0.2) is 0 Å². The molecule has 0 unspecified atom stereocenters. The Balaban J connectivity index is 2.22. The van der Waals surface area contributed by atoms with E-state index in [4.69, 9.17) is 23.2 Å². The molecule has 4 nitrogen and oxygen atoms in total. The fourth-order valence-corrected chi connectivity index (χ4v) is 4.15. The Morgan fingerprint density at radius 2 is 1.85 bits per heavy atom. The van der Waals surface area contributed by atoms with E-state index >= 15 is 0 Å². The summed E-state index contributed by atoms with van der Waals surface area (Å²) in [5.74, 6) is 0. The number of rotatable bonds is 4. The van der Waals surface area contributed by atoms with Gasteiger partial charge in [-0.2, -0.15) is 4.31 Å². The third-order valence-corrected chi connectivity index (χ3v) is 6.19. The number of aliphatic hydroxyl groups is 1. The second kappa shape index (κ2) is 5.81. The molecule has 1 aliphatic carbocycles. The molecule has 1 aromatic carbocycles. The Morgan fingerprint density at radius 3 is 2.40 bits per heavy atom. The Bertz CT molecular complexity index is 598. The third kappa shape index (κ3) is 3.28. The van der Waals surface area contributed by atoms with E-state index in [-0.39, 0.29) is 16.5 Å². The van der Waals surface area contributed by atoms with Gasteiger partial charge in [-0.1, -0.05) is 36.0 Å². The summed E-state index contributed by atoms with van der Waals surface area (Å²) in [6.07, 6.45) is 3.12.